The smallest absolute Gasteiger partial charge is 0.253 e. The Bertz CT molecular complexity index is 640. The Morgan fingerprint density at radius 3 is 2.42 bits per heavy atom. The van der Waals surface area contributed by atoms with Crippen molar-refractivity contribution in [2.45, 2.75) is 12.8 Å². The van der Waals surface area contributed by atoms with E-state index in [4.69, 9.17) is 0 Å². The molecular formula is C20H25ClN2O. The first-order chi connectivity index (χ1) is 11.3. The Morgan fingerprint density at radius 2 is 1.75 bits per heavy atom. The average molecular weight is 345 g/mol. The molecule has 3 rings (SSSR count). The molecule has 0 aromatic heterocycles. The molecule has 3 nitrogen and oxygen atoms in total. The maximum Gasteiger partial charge on any atom is 0.253 e. The van der Waals surface area contributed by atoms with E-state index >= 15 is 0 Å². The van der Waals surface area contributed by atoms with Crippen molar-refractivity contribution in [2.75, 3.05) is 26.7 Å². The van der Waals surface area contributed by atoms with E-state index in [2.05, 4.69) is 17.4 Å². The van der Waals surface area contributed by atoms with Gasteiger partial charge in [-0.05, 0) is 55.6 Å². The lowest BCUT2D eigenvalue weighted by Gasteiger charge is -2.32. The number of nitrogens with one attached hydrogen (secondary N) is 1. The Kier molecular flexibility index (Phi) is 6.83. The highest BCUT2D eigenvalue weighted by Gasteiger charge is 2.23. The normalized spacial score (nSPS) is 17.2. The molecule has 128 valence electrons. The highest BCUT2D eigenvalue weighted by atomic mass is 35.5. The molecule has 2 aromatic carbocycles. The molecule has 1 atom stereocenters. The van der Waals surface area contributed by atoms with Crippen LogP contribution in [0.15, 0.2) is 54.6 Å². The van der Waals surface area contributed by atoms with Crippen LogP contribution in [0.5, 0.6) is 0 Å². The van der Waals surface area contributed by atoms with Crippen LogP contribution in [0, 0.1) is 5.92 Å². The number of nitrogens with zero attached hydrogens (tertiary/aromatic N) is 1. The van der Waals surface area contributed by atoms with E-state index in [0.717, 1.165) is 37.2 Å². The molecule has 0 bridgehead atoms. The van der Waals surface area contributed by atoms with Crippen molar-refractivity contribution >= 4 is 18.3 Å². The zero-order chi connectivity index (χ0) is 16.1. The van der Waals surface area contributed by atoms with Gasteiger partial charge >= 0.3 is 0 Å². The van der Waals surface area contributed by atoms with Crippen LogP contribution < -0.4 is 5.32 Å². The predicted molar refractivity (Wildman–Crippen MR) is 102 cm³/mol. The molecule has 1 aliphatic rings. The summed E-state index contributed by atoms with van der Waals surface area (Å²) >= 11 is 0. The van der Waals surface area contributed by atoms with E-state index < -0.39 is 0 Å². The zero-order valence-corrected chi connectivity index (χ0v) is 14.9. The maximum atomic E-state index is 12.7. The molecule has 1 heterocycles. The first-order valence-electron chi connectivity index (χ1n) is 8.37. The molecule has 4 heteroatoms. The monoisotopic (exact) mass is 344 g/mol. The molecule has 2 aromatic rings. The summed E-state index contributed by atoms with van der Waals surface area (Å²) < 4.78 is 0. The summed E-state index contributed by atoms with van der Waals surface area (Å²) in [6.07, 6.45) is 2.30. The van der Waals surface area contributed by atoms with Crippen molar-refractivity contribution < 1.29 is 4.79 Å². The molecule has 0 aliphatic carbocycles. The van der Waals surface area contributed by atoms with Crippen LogP contribution in [-0.2, 0) is 0 Å². The molecule has 1 saturated heterocycles. The quantitative estimate of drug-likeness (QED) is 0.913. The van der Waals surface area contributed by atoms with Crippen LogP contribution in [0.4, 0.5) is 0 Å². The minimum absolute atomic E-state index is 0. The number of amides is 1. The van der Waals surface area contributed by atoms with Crippen molar-refractivity contribution in [3.63, 3.8) is 0 Å². The number of hydrogen-bond acceptors (Lipinski definition) is 2. The largest absolute Gasteiger partial charge is 0.338 e. The van der Waals surface area contributed by atoms with Gasteiger partial charge in [0.2, 0.25) is 0 Å². The summed E-state index contributed by atoms with van der Waals surface area (Å²) in [5.41, 5.74) is 3.11. The van der Waals surface area contributed by atoms with Gasteiger partial charge in [0.05, 0.1) is 0 Å². The third-order valence-electron chi connectivity index (χ3n) is 4.54. The number of hydrogen-bond donors (Lipinski definition) is 1. The van der Waals surface area contributed by atoms with Gasteiger partial charge in [0, 0.05) is 18.7 Å². The van der Waals surface area contributed by atoms with E-state index in [0.29, 0.717) is 5.92 Å². The molecule has 24 heavy (non-hydrogen) atoms. The number of likely N-dealkylation sites (tertiary alicyclic amines) is 1. The second-order valence-electron chi connectivity index (χ2n) is 6.26. The summed E-state index contributed by atoms with van der Waals surface area (Å²) in [6.45, 7) is 2.72. The fraction of sp³-hybridized carbons (Fsp3) is 0.350. The van der Waals surface area contributed by atoms with E-state index in [1.54, 1.807) is 0 Å². The lowest BCUT2D eigenvalue weighted by Crippen LogP contribution is -2.42. The van der Waals surface area contributed by atoms with E-state index in [9.17, 15) is 4.79 Å². The van der Waals surface area contributed by atoms with Crippen molar-refractivity contribution in [1.29, 1.82) is 0 Å². The molecule has 0 spiro atoms. The number of rotatable bonds is 4. The maximum absolute atomic E-state index is 12.7. The minimum atomic E-state index is 0. The van der Waals surface area contributed by atoms with Gasteiger partial charge in [-0.2, -0.15) is 0 Å². The molecule has 1 amide bonds. The number of halogens is 1. The standard InChI is InChI=1S/C20H24N2O.ClH/c1-21-14-16-6-5-13-22(15-16)20(23)19-11-9-18(10-12-19)17-7-3-2-4-8-17;/h2-4,7-12,16,21H,5-6,13-15H2,1H3;1H. The topological polar surface area (TPSA) is 32.3 Å². The average Bonchev–Trinajstić information content (AvgIpc) is 2.62. The lowest BCUT2D eigenvalue weighted by atomic mass is 9.97. The van der Waals surface area contributed by atoms with Crippen molar-refractivity contribution in [3.8, 4) is 11.1 Å². The first kappa shape index (κ1) is 18.5. The second-order valence-corrected chi connectivity index (χ2v) is 6.26. The van der Waals surface area contributed by atoms with Crippen LogP contribution >= 0.6 is 12.4 Å². The van der Waals surface area contributed by atoms with Gasteiger partial charge in [-0.3, -0.25) is 4.79 Å². The van der Waals surface area contributed by atoms with Gasteiger partial charge in [-0.15, -0.1) is 12.4 Å². The summed E-state index contributed by atoms with van der Waals surface area (Å²) in [5, 5.41) is 3.22. The molecular weight excluding hydrogens is 320 g/mol. The molecule has 1 unspecified atom stereocenters. The number of piperidine rings is 1. The van der Waals surface area contributed by atoms with Gasteiger partial charge in [-0.1, -0.05) is 42.5 Å². The van der Waals surface area contributed by atoms with Crippen LogP contribution in [0.2, 0.25) is 0 Å². The summed E-state index contributed by atoms with van der Waals surface area (Å²) in [7, 11) is 1.98. The molecule has 1 fully saturated rings. The number of benzene rings is 2. The minimum Gasteiger partial charge on any atom is -0.338 e. The van der Waals surface area contributed by atoms with Crippen LogP contribution in [-0.4, -0.2) is 37.5 Å². The fourth-order valence-electron chi connectivity index (χ4n) is 3.32. The fourth-order valence-corrected chi connectivity index (χ4v) is 3.32. The Hall–Kier alpha value is -1.84. The molecule has 0 saturated carbocycles. The van der Waals surface area contributed by atoms with Crippen LogP contribution in [0.1, 0.15) is 23.2 Å². The highest BCUT2D eigenvalue weighted by molar-refractivity contribution is 5.94. The Labute approximate surface area is 150 Å². The summed E-state index contributed by atoms with van der Waals surface area (Å²) in [6, 6.07) is 18.2. The van der Waals surface area contributed by atoms with Crippen molar-refractivity contribution in [3.05, 3.63) is 60.2 Å². The van der Waals surface area contributed by atoms with Gasteiger partial charge in [0.25, 0.3) is 5.91 Å². The SMILES string of the molecule is CNCC1CCCN(C(=O)c2ccc(-c3ccccc3)cc2)C1.Cl. The Morgan fingerprint density at radius 1 is 1.08 bits per heavy atom. The lowest BCUT2D eigenvalue weighted by molar-refractivity contribution is 0.0674. The number of carbonyl (C=O) groups excluding carboxylic acids is 1. The van der Waals surface area contributed by atoms with Crippen LogP contribution in [0.3, 0.4) is 0 Å². The van der Waals surface area contributed by atoms with E-state index in [-0.39, 0.29) is 18.3 Å². The van der Waals surface area contributed by atoms with Crippen LogP contribution in [0.25, 0.3) is 11.1 Å². The zero-order valence-electron chi connectivity index (χ0n) is 14.1. The first-order valence-corrected chi connectivity index (χ1v) is 8.37. The summed E-state index contributed by atoms with van der Waals surface area (Å²) in [4.78, 5) is 14.7. The van der Waals surface area contributed by atoms with Gasteiger partial charge in [-0.25, -0.2) is 0 Å². The molecule has 1 N–H and O–H groups in total. The predicted octanol–water partition coefficient (Wildman–Crippen LogP) is 3.85. The second kappa shape index (κ2) is 8.86. The van der Waals surface area contributed by atoms with Gasteiger partial charge < -0.3 is 10.2 Å². The van der Waals surface area contributed by atoms with Gasteiger partial charge in [0.15, 0.2) is 0 Å². The third-order valence-corrected chi connectivity index (χ3v) is 4.54. The third kappa shape index (κ3) is 4.37. The van der Waals surface area contributed by atoms with E-state index in [1.807, 2.05) is 54.4 Å². The Balaban J connectivity index is 0.00000208. The van der Waals surface area contributed by atoms with Crippen molar-refractivity contribution in [2.24, 2.45) is 5.92 Å². The van der Waals surface area contributed by atoms with E-state index in [1.165, 1.54) is 12.0 Å². The molecule has 1 aliphatic heterocycles. The molecule has 0 radical (unpaired) electrons. The van der Waals surface area contributed by atoms with Gasteiger partial charge in [0.1, 0.15) is 0 Å². The number of carbonyl (C=O) groups is 1. The highest BCUT2D eigenvalue weighted by Crippen LogP contribution is 2.22. The van der Waals surface area contributed by atoms with Crippen molar-refractivity contribution in [1.82, 2.24) is 10.2 Å². The summed E-state index contributed by atoms with van der Waals surface area (Å²) in [5.74, 6) is 0.728.